The first-order valence-corrected chi connectivity index (χ1v) is 13.2. The molecule has 0 unspecified atom stereocenters. The van der Waals surface area contributed by atoms with E-state index < -0.39 is 17.7 Å². The molecule has 2 aromatic rings. The Bertz CT molecular complexity index is 1070. The lowest BCUT2D eigenvalue weighted by Crippen LogP contribution is -2.34. The van der Waals surface area contributed by atoms with Crippen molar-refractivity contribution in [2.45, 2.75) is 52.0 Å². The Morgan fingerprint density at radius 1 is 0.919 bits per heavy atom. The number of aliphatic hydroxyl groups excluding tert-OH is 1. The molecule has 3 rings (SSSR count). The fourth-order valence-electron chi connectivity index (χ4n) is 4.80. The fourth-order valence-corrected chi connectivity index (χ4v) is 4.80. The fraction of sp³-hybridized carbons (Fsp3) is 0.467. The Balaban J connectivity index is 2.00. The molecular weight excluding hydrogens is 468 g/mol. The third-order valence-corrected chi connectivity index (χ3v) is 6.85. The molecule has 0 saturated carbocycles. The van der Waals surface area contributed by atoms with Crippen LogP contribution in [0.3, 0.4) is 0 Å². The highest BCUT2D eigenvalue weighted by Crippen LogP contribution is 2.43. The van der Waals surface area contributed by atoms with Crippen molar-refractivity contribution in [3.8, 4) is 11.5 Å². The minimum Gasteiger partial charge on any atom is -0.507 e. The minimum absolute atomic E-state index is 0.0663. The molecule has 0 aromatic heterocycles. The van der Waals surface area contributed by atoms with Gasteiger partial charge in [0, 0.05) is 17.7 Å². The summed E-state index contributed by atoms with van der Waals surface area (Å²) in [6.45, 7) is 7.64. The first-order valence-electron chi connectivity index (χ1n) is 13.2. The second-order valence-electron chi connectivity index (χ2n) is 9.37. The van der Waals surface area contributed by atoms with E-state index in [9.17, 15) is 14.7 Å². The van der Waals surface area contributed by atoms with Crippen LogP contribution >= 0.6 is 0 Å². The molecule has 7 nitrogen and oxygen atoms in total. The lowest BCUT2D eigenvalue weighted by molar-refractivity contribution is -0.140. The number of amides is 1. The van der Waals surface area contributed by atoms with E-state index in [1.54, 1.807) is 61.6 Å². The van der Waals surface area contributed by atoms with Crippen LogP contribution in [0, 0.1) is 0 Å². The summed E-state index contributed by atoms with van der Waals surface area (Å²) in [6.07, 6.45) is 5.24. The van der Waals surface area contributed by atoms with Gasteiger partial charge < -0.3 is 24.4 Å². The molecule has 1 aliphatic heterocycles. The smallest absolute Gasteiger partial charge is 0.295 e. The number of carbonyl (C=O) groups is 2. The van der Waals surface area contributed by atoms with Crippen LogP contribution in [0.4, 0.5) is 0 Å². The summed E-state index contributed by atoms with van der Waals surface area (Å²) in [5.41, 5.74) is 1.15. The average molecular weight is 509 g/mol. The summed E-state index contributed by atoms with van der Waals surface area (Å²) in [7, 11) is 3.11. The maximum absolute atomic E-state index is 13.4. The molecule has 0 aliphatic carbocycles. The lowest BCUT2D eigenvalue weighted by Gasteiger charge is -2.28. The molecule has 7 heteroatoms. The van der Waals surface area contributed by atoms with E-state index in [4.69, 9.17) is 9.47 Å². The summed E-state index contributed by atoms with van der Waals surface area (Å²) in [4.78, 5) is 30.7. The molecule has 0 spiro atoms. The van der Waals surface area contributed by atoms with Crippen molar-refractivity contribution in [3.05, 3.63) is 65.2 Å². The third kappa shape index (κ3) is 6.72. The van der Waals surface area contributed by atoms with Gasteiger partial charge in [-0.05, 0) is 57.1 Å². The first-order chi connectivity index (χ1) is 18.0. The van der Waals surface area contributed by atoms with E-state index in [-0.39, 0.29) is 11.3 Å². The van der Waals surface area contributed by atoms with Gasteiger partial charge in [-0.3, -0.25) is 9.59 Å². The van der Waals surface area contributed by atoms with Crippen LogP contribution in [0.5, 0.6) is 11.5 Å². The second kappa shape index (κ2) is 13.8. The average Bonchev–Trinajstić information content (AvgIpc) is 3.18. The van der Waals surface area contributed by atoms with Crippen molar-refractivity contribution in [1.82, 2.24) is 9.80 Å². The van der Waals surface area contributed by atoms with Gasteiger partial charge in [0.15, 0.2) is 0 Å². The molecule has 0 bridgehead atoms. The molecule has 1 amide bonds. The van der Waals surface area contributed by atoms with Crippen LogP contribution in [-0.2, 0) is 9.59 Å². The van der Waals surface area contributed by atoms with Gasteiger partial charge in [0.05, 0.1) is 25.8 Å². The van der Waals surface area contributed by atoms with Crippen molar-refractivity contribution in [2.24, 2.45) is 0 Å². The van der Waals surface area contributed by atoms with Crippen LogP contribution in [0.2, 0.25) is 0 Å². The first kappa shape index (κ1) is 28.3. The van der Waals surface area contributed by atoms with Crippen molar-refractivity contribution < 1.29 is 24.2 Å². The molecular formula is C30H40N2O5. The van der Waals surface area contributed by atoms with E-state index in [1.165, 1.54) is 0 Å². The van der Waals surface area contributed by atoms with Gasteiger partial charge in [-0.25, -0.2) is 0 Å². The topological polar surface area (TPSA) is 79.3 Å². The summed E-state index contributed by atoms with van der Waals surface area (Å²) < 4.78 is 11.1. The maximum atomic E-state index is 13.4. The highest BCUT2D eigenvalue weighted by Gasteiger charge is 2.47. The van der Waals surface area contributed by atoms with E-state index in [0.717, 1.165) is 45.3 Å². The molecule has 1 N–H and O–H groups in total. The summed E-state index contributed by atoms with van der Waals surface area (Å²) in [5, 5.41) is 11.3. The molecule has 1 atom stereocenters. The largest absolute Gasteiger partial charge is 0.507 e. The number of benzene rings is 2. The van der Waals surface area contributed by atoms with Gasteiger partial charge in [-0.1, -0.05) is 57.0 Å². The SMILES string of the molecule is CCCCN(CCCC)CCCN1C(=O)C(=O)C(=C(O)c2ccccc2)[C@H]1c1cc(OC)ccc1OC. The Morgan fingerprint density at radius 2 is 1.57 bits per heavy atom. The van der Waals surface area contributed by atoms with Crippen LogP contribution in [0.15, 0.2) is 54.1 Å². The van der Waals surface area contributed by atoms with Gasteiger partial charge in [0.2, 0.25) is 0 Å². The number of ether oxygens (including phenoxy) is 2. The molecule has 1 aliphatic rings. The number of Topliss-reactive ketones (excluding diaryl/α,β-unsaturated/α-hetero) is 1. The molecule has 1 saturated heterocycles. The molecule has 37 heavy (non-hydrogen) atoms. The van der Waals surface area contributed by atoms with Crippen molar-refractivity contribution >= 4 is 17.4 Å². The minimum atomic E-state index is -0.787. The summed E-state index contributed by atoms with van der Waals surface area (Å²) in [5.74, 6) is -0.398. The standard InChI is InChI=1S/C30H40N2O5/c1-5-7-17-31(18-8-6-2)19-12-20-32-27(24-21-23(36-3)15-16-25(24)37-4)26(29(34)30(32)35)28(33)22-13-10-9-11-14-22/h9-11,13-16,21,27,33H,5-8,12,17-20H2,1-4H3/t27-/m1/s1. The zero-order valence-corrected chi connectivity index (χ0v) is 22.5. The van der Waals surface area contributed by atoms with Crippen molar-refractivity contribution in [1.29, 1.82) is 0 Å². The predicted octanol–water partition coefficient (Wildman–Crippen LogP) is 5.42. The quantitative estimate of drug-likeness (QED) is 0.209. The number of aliphatic hydroxyl groups is 1. The number of methoxy groups -OCH3 is 2. The summed E-state index contributed by atoms with van der Waals surface area (Å²) in [6, 6.07) is 13.4. The van der Waals surface area contributed by atoms with E-state index in [0.29, 0.717) is 35.6 Å². The Morgan fingerprint density at radius 3 is 2.16 bits per heavy atom. The van der Waals surface area contributed by atoms with Crippen LogP contribution in [0.25, 0.3) is 5.76 Å². The van der Waals surface area contributed by atoms with Crippen LogP contribution < -0.4 is 9.47 Å². The number of ketones is 1. The lowest BCUT2D eigenvalue weighted by atomic mass is 9.94. The van der Waals surface area contributed by atoms with Crippen molar-refractivity contribution in [3.63, 3.8) is 0 Å². The Kier molecular flexibility index (Phi) is 10.6. The number of carbonyl (C=O) groups excluding carboxylic acids is 2. The van der Waals surface area contributed by atoms with E-state index in [2.05, 4.69) is 18.7 Å². The number of likely N-dealkylation sites (tertiary alicyclic amines) is 1. The zero-order chi connectivity index (χ0) is 26.8. The maximum Gasteiger partial charge on any atom is 0.295 e. The monoisotopic (exact) mass is 508 g/mol. The second-order valence-corrected chi connectivity index (χ2v) is 9.37. The zero-order valence-electron chi connectivity index (χ0n) is 22.5. The molecule has 200 valence electrons. The van der Waals surface area contributed by atoms with Crippen LogP contribution in [-0.4, -0.2) is 67.0 Å². The highest BCUT2D eigenvalue weighted by molar-refractivity contribution is 6.46. The predicted molar refractivity (Wildman–Crippen MR) is 146 cm³/mol. The van der Waals surface area contributed by atoms with E-state index >= 15 is 0 Å². The molecule has 0 radical (unpaired) electrons. The van der Waals surface area contributed by atoms with Crippen LogP contribution in [0.1, 0.15) is 63.1 Å². The van der Waals surface area contributed by atoms with Crippen molar-refractivity contribution in [2.75, 3.05) is 40.4 Å². The van der Waals surface area contributed by atoms with Gasteiger partial charge in [-0.2, -0.15) is 0 Å². The van der Waals surface area contributed by atoms with Gasteiger partial charge in [-0.15, -0.1) is 0 Å². The molecule has 1 fully saturated rings. The van der Waals surface area contributed by atoms with Gasteiger partial charge in [0.25, 0.3) is 11.7 Å². The van der Waals surface area contributed by atoms with Gasteiger partial charge >= 0.3 is 0 Å². The number of unbranched alkanes of at least 4 members (excludes halogenated alkanes) is 2. The number of hydrogen-bond acceptors (Lipinski definition) is 6. The molecule has 2 aromatic carbocycles. The molecule has 1 heterocycles. The van der Waals surface area contributed by atoms with Gasteiger partial charge in [0.1, 0.15) is 17.3 Å². The summed E-state index contributed by atoms with van der Waals surface area (Å²) >= 11 is 0. The normalized spacial score (nSPS) is 17.0. The number of nitrogens with zero attached hydrogens (tertiary/aromatic N) is 2. The highest BCUT2D eigenvalue weighted by atomic mass is 16.5. The Labute approximate surface area is 220 Å². The van der Waals surface area contributed by atoms with E-state index in [1.807, 2.05) is 6.07 Å². The number of rotatable bonds is 14. The Hall–Kier alpha value is -3.32. The third-order valence-electron chi connectivity index (χ3n) is 6.85. The number of hydrogen-bond donors (Lipinski definition) is 1.